The van der Waals surface area contributed by atoms with Crippen molar-refractivity contribution in [2.24, 2.45) is 0 Å². The third-order valence-electron chi connectivity index (χ3n) is 4.89. The second kappa shape index (κ2) is 13.3. The molecule has 0 aromatic rings. The maximum Gasteiger partial charge on any atom is 0.317 e. The van der Waals surface area contributed by atoms with Gasteiger partial charge in [-0.2, -0.15) is 0 Å². The van der Waals surface area contributed by atoms with Gasteiger partial charge in [-0.15, -0.1) is 0 Å². The van der Waals surface area contributed by atoms with Crippen LogP contribution in [0.3, 0.4) is 0 Å². The number of carbonyl (C=O) groups excluding carboxylic acids is 1. The molecule has 0 radical (unpaired) electrons. The van der Waals surface area contributed by atoms with Crippen molar-refractivity contribution < 1.29 is 34.5 Å². The predicted molar refractivity (Wildman–Crippen MR) is 117 cm³/mol. The topological polar surface area (TPSA) is 154 Å². The van der Waals surface area contributed by atoms with Gasteiger partial charge in [0.2, 0.25) is 5.91 Å². The number of nitrogens with one attached hydrogen (secondary N) is 1. The van der Waals surface area contributed by atoms with Crippen molar-refractivity contribution in [1.29, 1.82) is 0 Å². The predicted octanol–water partition coefficient (Wildman–Crippen LogP) is -1.62. The standard InChI is InChI=1S/C20H37N5O7/c1-20(2,3)21-16(26)12-22-4-6-23(13-17(27)28)8-10-25(15-19(31)32)11-9-24(7-5-22)14-18(29)30/h4-15H2,1-3H3,(H,21,26)(H,27,28)(H,29,30)(H,31,32). The van der Waals surface area contributed by atoms with E-state index in [0.29, 0.717) is 52.4 Å². The Kier molecular flexibility index (Phi) is 11.5. The number of aliphatic carboxylic acids is 3. The summed E-state index contributed by atoms with van der Waals surface area (Å²) in [5.74, 6) is -3.12. The molecule has 1 heterocycles. The van der Waals surface area contributed by atoms with Crippen molar-refractivity contribution >= 4 is 23.8 Å². The van der Waals surface area contributed by atoms with Crippen molar-refractivity contribution in [3.05, 3.63) is 0 Å². The van der Waals surface area contributed by atoms with Crippen LogP contribution in [0.1, 0.15) is 20.8 Å². The van der Waals surface area contributed by atoms with Crippen LogP contribution in [-0.4, -0.2) is 143 Å². The van der Waals surface area contributed by atoms with Crippen LogP contribution in [0, 0.1) is 0 Å². The van der Waals surface area contributed by atoms with Gasteiger partial charge < -0.3 is 20.6 Å². The summed E-state index contributed by atoms with van der Waals surface area (Å²) >= 11 is 0. The lowest BCUT2D eigenvalue weighted by molar-refractivity contribution is -0.140. The molecule has 1 aliphatic rings. The molecule has 0 saturated carbocycles. The van der Waals surface area contributed by atoms with Crippen LogP contribution in [-0.2, 0) is 19.2 Å². The molecule has 4 N–H and O–H groups in total. The van der Waals surface area contributed by atoms with Gasteiger partial charge in [-0.1, -0.05) is 0 Å². The van der Waals surface area contributed by atoms with Crippen molar-refractivity contribution in [2.75, 3.05) is 78.5 Å². The quantitative estimate of drug-likeness (QED) is 0.331. The van der Waals surface area contributed by atoms with Gasteiger partial charge >= 0.3 is 17.9 Å². The highest BCUT2D eigenvalue weighted by molar-refractivity contribution is 5.78. The van der Waals surface area contributed by atoms with Gasteiger partial charge in [-0.3, -0.25) is 38.8 Å². The van der Waals surface area contributed by atoms with Crippen molar-refractivity contribution in [3.63, 3.8) is 0 Å². The summed E-state index contributed by atoms with van der Waals surface area (Å²) in [6.07, 6.45) is 0. The van der Waals surface area contributed by atoms with Crippen LogP contribution in [0.5, 0.6) is 0 Å². The van der Waals surface area contributed by atoms with Crippen LogP contribution < -0.4 is 5.32 Å². The van der Waals surface area contributed by atoms with Crippen LogP contribution >= 0.6 is 0 Å². The molecule has 0 bridgehead atoms. The Balaban J connectivity index is 2.96. The van der Waals surface area contributed by atoms with Gasteiger partial charge in [0.05, 0.1) is 26.2 Å². The molecule has 0 aromatic heterocycles. The lowest BCUT2D eigenvalue weighted by Crippen LogP contribution is -2.51. The zero-order chi connectivity index (χ0) is 24.3. The number of amides is 1. The molecule has 0 aliphatic carbocycles. The van der Waals surface area contributed by atoms with Gasteiger partial charge in [0.1, 0.15) is 0 Å². The first kappa shape index (κ1) is 27.8. The largest absolute Gasteiger partial charge is 0.480 e. The first-order valence-electron chi connectivity index (χ1n) is 10.7. The van der Waals surface area contributed by atoms with Crippen LogP contribution in [0.15, 0.2) is 0 Å². The Morgan fingerprint density at radius 3 is 1.06 bits per heavy atom. The fourth-order valence-corrected chi connectivity index (χ4v) is 3.45. The minimum atomic E-state index is -0.998. The van der Waals surface area contributed by atoms with E-state index < -0.39 is 17.9 Å². The molecule has 12 heteroatoms. The minimum absolute atomic E-state index is 0.115. The SMILES string of the molecule is CC(C)(C)NC(=O)CN1CCN(CC(=O)O)CCN(CC(=O)O)CCN(CC(=O)O)CC1. The molecule has 1 amide bonds. The third kappa shape index (κ3) is 13.2. The van der Waals surface area contributed by atoms with E-state index in [1.165, 1.54) is 0 Å². The Hall–Kier alpha value is -2.28. The number of nitrogens with zero attached hydrogens (tertiary/aromatic N) is 4. The molecule has 32 heavy (non-hydrogen) atoms. The maximum atomic E-state index is 12.4. The van der Waals surface area contributed by atoms with Crippen molar-refractivity contribution in [3.8, 4) is 0 Å². The number of hydrogen-bond donors (Lipinski definition) is 4. The average molecular weight is 460 g/mol. The molecule has 184 valence electrons. The second-order valence-corrected chi connectivity index (χ2v) is 9.08. The summed E-state index contributed by atoms with van der Waals surface area (Å²) in [7, 11) is 0. The first-order valence-corrected chi connectivity index (χ1v) is 10.7. The lowest BCUT2D eigenvalue weighted by atomic mass is 10.1. The summed E-state index contributed by atoms with van der Waals surface area (Å²) in [6.45, 7) is 8.16. The Morgan fingerprint density at radius 1 is 0.594 bits per heavy atom. The molecule has 0 spiro atoms. The van der Waals surface area contributed by atoms with E-state index in [1.54, 1.807) is 14.7 Å². The highest BCUT2D eigenvalue weighted by Gasteiger charge is 2.22. The molecule has 0 unspecified atom stereocenters. The smallest absolute Gasteiger partial charge is 0.317 e. The summed E-state index contributed by atoms with van der Waals surface area (Å²) < 4.78 is 0. The average Bonchev–Trinajstić information content (AvgIpc) is 2.61. The van der Waals surface area contributed by atoms with Gasteiger partial charge in [0, 0.05) is 57.9 Å². The van der Waals surface area contributed by atoms with Gasteiger partial charge in [-0.25, -0.2) is 0 Å². The van der Waals surface area contributed by atoms with E-state index in [0.717, 1.165) is 0 Å². The van der Waals surface area contributed by atoms with Gasteiger partial charge in [-0.05, 0) is 20.8 Å². The van der Waals surface area contributed by atoms with Crippen molar-refractivity contribution in [1.82, 2.24) is 24.9 Å². The van der Waals surface area contributed by atoms with Crippen LogP contribution in [0.25, 0.3) is 0 Å². The van der Waals surface area contributed by atoms with E-state index in [4.69, 9.17) is 0 Å². The molecular weight excluding hydrogens is 422 g/mol. The highest BCUT2D eigenvalue weighted by atomic mass is 16.4. The molecule has 1 aliphatic heterocycles. The van der Waals surface area contributed by atoms with Crippen LogP contribution in [0.4, 0.5) is 0 Å². The van der Waals surface area contributed by atoms with Gasteiger partial charge in [0.15, 0.2) is 0 Å². The number of hydrogen-bond acceptors (Lipinski definition) is 8. The van der Waals surface area contributed by atoms with E-state index in [-0.39, 0.29) is 37.6 Å². The fraction of sp³-hybridized carbons (Fsp3) is 0.800. The minimum Gasteiger partial charge on any atom is -0.480 e. The maximum absolute atomic E-state index is 12.4. The van der Waals surface area contributed by atoms with Gasteiger partial charge in [0.25, 0.3) is 0 Å². The summed E-state index contributed by atoms with van der Waals surface area (Å²) in [4.78, 5) is 53.2. The monoisotopic (exact) mass is 459 g/mol. The Labute approximate surface area is 188 Å². The highest BCUT2D eigenvalue weighted by Crippen LogP contribution is 2.03. The van der Waals surface area contributed by atoms with E-state index in [9.17, 15) is 34.5 Å². The molecule has 1 fully saturated rings. The summed E-state index contributed by atoms with van der Waals surface area (Å²) in [5, 5.41) is 30.5. The molecule has 1 saturated heterocycles. The number of rotatable bonds is 8. The van der Waals surface area contributed by atoms with E-state index in [1.807, 2.05) is 25.7 Å². The number of carboxylic acids is 3. The summed E-state index contributed by atoms with van der Waals surface area (Å²) in [6, 6.07) is 0. The number of carbonyl (C=O) groups is 4. The van der Waals surface area contributed by atoms with Crippen molar-refractivity contribution in [2.45, 2.75) is 26.3 Å². The molecule has 0 aromatic carbocycles. The lowest BCUT2D eigenvalue weighted by Gasteiger charge is -2.33. The molecule has 12 nitrogen and oxygen atoms in total. The molecular formula is C20H37N5O7. The molecule has 0 atom stereocenters. The van der Waals surface area contributed by atoms with E-state index in [2.05, 4.69) is 5.32 Å². The normalized spacial score (nSPS) is 19.0. The first-order chi connectivity index (χ1) is 14.8. The zero-order valence-corrected chi connectivity index (χ0v) is 19.2. The molecule has 1 rings (SSSR count). The third-order valence-corrected chi connectivity index (χ3v) is 4.89. The second-order valence-electron chi connectivity index (χ2n) is 9.08. The zero-order valence-electron chi connectivity index (χ0n) is 19.2. The van der Waals surface area contributed by atoms with E-state index >= 15 is 0 Å². The summed E-state index contributed by atoms with van der Waals surface area (Å²) in [5.41, 5.74) is -0.387. The number of carboxylic acid groups (broad SMARTS) is 3. The fourth-order valence-electron chi connectivity index (χ4n) is 3.45. The van der Waals surface area contributed by atoms with Crippen LogP contribution in [0.2, 0.25) is 0 Å². The Morgan fingerprint density at radius 2 is 0.844 bits per heavy atom. The Bertz CT molecular complexity index is 621.